The summed E-state index contributed by atoms with van der Waals surface area (Å²) in [7, 11) is -2.91. The first-order valence-corrected chi connectivity index (χ1v) is 9.79. The summed E-state index contributed by atoms with van der Waals surface area (Å²) in [5.74, 6) is 0.941. The van der Waals surface area contributed by atoms with Gasteiger partial charge in [0, 0.05) is 11.6 Å². The molecule has 23 heavy (non-hydrogen) atoms. The van der Waals surface area contributed by atoms with Gasteiger partial charge in [-0.2, -0.15) is 0 Å². The van der Waals surface area contributed by atoms with E-state index in [4.69, 9.17) is 16.6 Å². The van der Waals surface area contributed by atoms with E-state index in [1.807, 2.05) is 37.3 Å². The highest BCUT2D eigenvalue weighted by Crippen LogP contribution is 2.20. The van der Waals surface area contributed by atoms with Crippen molar-refractivity contribution in [1.82, 2.24) is 14.7 Å². The quantitative estimate of drug-likeness (QED) is 0.769. The first-order chi connectivity index (χ1) is 11.0. The third-order valence-electron chi connectivity index (χ3n) is 4.07. The molecule has 6 nitrogen and oxygen atoms in total. The lowest BCUT2D eigenvalue weighted by atomic mass is 10.2. The third-order valence-corrected chi connectivity index (χ3v) is 6.12. The average molecular weight is 353 g/mol. The van der Waals surface area contributed by atoms with E-state index in [0.717, 1.165) is 12.1 Å². The second kappa shape index (κ2) is 6.54. The van der Waals surface area contributed by atoms with Crippen molar-refractivity contribution < 1.29 is 12.8 Å². The van der Waals surface area contributed by atoms with Gasteiger partial charge in [0.1, 0.15) is 0 Å². The first kappa shape index (κ1) is 16.4. The van der Waals surface area contributed by atoms with E-state index in [-0.39, 0.29) is 17.5 Å². The van der Waals surface area contributed by atoms with Crippen LogP contribution in [0.3, 0.4) is 0 Å². The number of aromatic nitrogens is 2. The number of benzene rings is 1. The average Bonchev–Trinajstić information content (AvgIpc) is 3.08. The van der Waals surface area contributed by atoms with E-state index in [9.17, 15) is 8.42 Å². The monoisotopic (exact) mass is 353 g/mol. The molecular weight excluding hydrogens is 334 g/mol. The molecule has 2 heterocycles. The van der Waals surface area contributed by atoms with Gasteiger partial charge in [-0.25, -0.2) is 13.1 Å². The van der Waals surface area contributed by atoms with Crippen LogP contribution in [0.5, 0.6) is 0 Å². The Hall–Kier alpha value is -1.51. The van der Waals surface area contributed by atoms with E-state index in [1.165, 1.54) is 0 Å². The molecule has 0 saturated carbocycles. The van der Waals surface area contributed by atoms with Crippen LogP contribution in [0.15, 0.2) is 34.7 Å². The third kappa shape index (κ3) is 3.70. The Bertz CT molecular complexity index is 827. The first-order valence-electron chi connectivity index (χ1n) is 7.56. The van der Waals surface area contributed by atoms with Crippen LogP contribution in [0.2, 0.25) is 0 Å². The van der Waals surface area contributed by atoms with Crippen molar-refractivity contribution in [2.45, 2.75) is 26.1 Å². The van der Waals surface area contributed by atoms with Crippen molar-refractivity contribution in [3.05, 3.63) is 35.2 Å². The van der Waals surface area contributed by atoms with Crippen LogP contribution in [-0.4, -0.2) is 47.2 Å². The number of nitrogens with zero attached hydrogens (tertiary/aromatic N) is 3. The zero-order chi connectivity index (χ0) is 16.4. The van der Waals surface area contributed by atoms with Gasteiger partial charge in [-0.1, -0.05) is 25.1 Å². The summed E-state index contributed by atoms with van der Waals surface area (Å²) in [6.07, 6.45) is 0.660. The second-order valence-corrected chi connectivity index (χ2v) is 8.22. The normalized spacial score (nSPS) is 20.2. The lowest BCUT2D eigenvalue weighted by molar-refractivity contribution is 0.162. The van der Waals surface area contributed by atoms with E-state index in [2.05, 4.69) is 10.00 Å². The molecule has 3 rings (SSSR count). The minimum absolute atomic E-state index is 0.0174. The maximum Gasteiger partial charge on any atom is 0.288 e. The highest BCUT2D eigenvalue weighted by molar-refractivity contribution is 7.91. The van der Waals surface area contributed by atoms with Crippen molar-refractivity contribution >= 4 is 22.1 Å². The zero-order valence-corrected chi connectivity index (χ0v) is 14.5. The van der Waals surface area contributed by atoms with Crippen molar-refractivity contribution in [3.63, 3.8) is 0 Å². The summed E-state index contributed by atoms with van der Waals surface area (Å²) in [6, 6.07) is 9.58. The lowest BCUT2D eigenvalue weighted by Gasteiger charge is -2.25. The van der Waals surface area contributed by atoms with E-state index < -0.39 is 9.84 Å². The van der Waals surface area contributed by atoms with Gasteiger partial charge in [0.2, 0.25) is 5.89 Å². The fourth-order valence-electron chi connectivity index (χ4n) is 2.80. The van der Waals surface area contributed by atoms with Crippen LogP contribution < -0.4 is 0 Å². The van der Waals surface area contributed by atoms with Crippen LogP contribution >= 0.6 is 12.2 Å². The molecule has 8 heteroatoms. The highest BCUT2D eigenvalue weighted by Gasteiger charge is 2.32. The summed E-state index contributed by atoms with van der Waals surface area (Å²) in [5, 5.41) is 4.43. The molecule has 1 aliphatic heterocycles. The molecule has 1 aliphatic rings. The van der Waals surface area contributed by atoms with Crippen LogP contribution in [0, 0.1) is 4.84 Å². The standard InChI is InChI=1S/C15H19N3O3S2/c1-2-17(13-8-9-23(19,20)10-13)11-18-15(22)21-14(16-18)12-6-4-3-5-7-12/h3-7,13H,2,8-11H2,1H3/t13-/m1/s1. The number of hydrogen-bond acceptors (Lipinski definition) is 6. The summed E-state index contributed by atoms with van der Waals surface area (Å²) >= 11 is 5.25. The van der Waals surface area contributed by atoms with Gasteiger partial charge in [0.05, 0.1) is 18.2 Å². The van der Waals surface area contributed by atoms with Crippen molar-refractivity contribution in [2.24, 2.45) is 0 Å². The minimum atomic E-state index is -2.91. The maximum atomic E-state index is 11.7. The Labute approximate surface area is 140 Å². The number of hydrogen-bond donors (Lipinski definition) is 0. The molecule has 1 saturated heterocycles. The van der Waals surface area contributed by atoms with Crippen LogP contribution in [0.4, 0.5) is 0 Å². The van der Waals surface area contributed by atoms with Crippen LogP contribution in [0.25, 0.3) is 11.5 Å². The molecule has 1 aromatic heterocycles. The fourth-order valence-corrected chi connectivity index (χ4v) is 4.74. The molecule has 1 fully saturated rings. The van der Waals surface area contributed by atoms with E-state index in [0.29, 0.717) is 23.8 Å². The molecular formula is C15H19N3O3S2. The molecule has 1 aromatic carbocycles. The Morgan fingerprint density at radius 1 is 1.39 bits per heavy atom. The van der Waals surface area contributed by atoms with Gasteiger partial charge >= 0.3 is 0 Å². The molecule has 0 spiro atoms. The summed E-state index contributed by atoms with van der Waals surface area (Å²) in [4.78, 5) is 2.38. The number of sulfone groups is 1. The fraction of sp³-hybridized carbons (Fsp3) is 0.467. The Morgan fingerprint density at radius 2 is 2.13 bits per heavy atom. The molecule has 0 aliphatic carbocycles. The molecule has 0 unspecified atom stereocenters. The summed E-state index contributed by atoms with van der Waals surface area (Å²) in [6.45, 7) is 3.17. The van der Waals surface area contributed by atoms with Crippen molar-refractivity contribution in [1.29, 1.82) is 0 Å². The predicted molar refractivity (Wildman–Crippen MR) is 90.2 cm³/mol. The molecule has 0 N–H and O–H groups in total. The lowest BCUT2D eigenvalue weighted by Crippen LogP contribution is -2.37. The predicted octanol–water partition coefficient (Wildman–Crippen LogP) is 2.34. The van der Waals surface area contributed by atoms with Gasteiger partial charge in [-0.15, -0.1) is 5.10 Å². The van der Waals surface area contributed by atoms with Crippen molar-refractivity contribution in [2.75, 3.05) is 18.1 Å². The molecule has 124 valence electrons. The topological polar surface area (TPSA) is 68.3 Å². The van der Waals surface area contributed by atoms with Gasteiger partial charge in [-0.3, -0.25) is 4.90 Å². The Kier molecular flexibility index (Phi) is 4.65. The second-order valence-electron chi connectivity index (χ2n) is 5.64. The van der Waals surface area contributed by atoms with Crippen LogP contribution in [0.1, 0.15) is 13.3 Å². The summed E-state index contributed by atoms with van der Waals surface area (Å²) < 4.78 is 30.6. The Balaban J connectivity index is 1.80. The Morgan fingerprint density at radius 3 is 2.74 bits per heavy atom. The van der Waals surface area contributed by atoms with Gasteiger partial charge in [0.25, 0.3) is 4.84 Å². The molecule has 0 bridgehead atoms. The molecule has 0 amide bonds. The molecule has 1 atom stereocenters. The minimum Gasteiger partial charge on any atom is -0.409 e. The summed E-state index contributed by atoms with van der Waals surface area (Å²) in [5.41, 5.74) is 0.865. The molecule has 0 radical (unpaired) electrons. The molecule has 2 aromatic rings. The highest BCUT2D eigenvalue weighted by atomic mass is 32.2. The van der Waals surface area contributed by atoms with Gasteiger partial charge < -0.3 is 4.42 Å². The van der Waals surface area contributed by atoms with Crippen molar-refractivity contribution in [3.8, 4) is 11.5 Å². The maximum absolute atomic E-state index is 11.7. The SMILES string of the molecule is CCN(Cn1nc(-c2ccccc2)oc1=S)[C@@H]1CCS(=O)(=O)C1. The largest absolute Gasteiger partial charge is 0.409 e. The van der Waals surface area contributed by atoms with Gasteiger partial charge in [-0.05, 0) is 37.3 Å². The van der Waals surface area contributed by atoms with Gasteiger partial charge in [0.15, 0.2) is 9.84 Å². The van der Waals surface area contributed by atoms with E-state index in [1.54, 1.807) is 4.68 Å². The van der Waals surface area contributed by atoms with E-state index >= 15 is 0 Å². The smallest absolute Gasteiger partial charge is 0.288 e. The number of rotatable bonds is 5. The van der Waals surface area contributed by atoms with Crippen LogP contribution in [-0.2, 0) is 16.5 Å². The zero-order valence-electron chi connectivity index (χ0n) is 12.9.